The largest absolute Gasteiger partial charge is 0.464 e. The molecule has 3 rings (SSSR count). The third kappa shape index (κ3) is 8.11. The summed E-state index contributed by atoms with van der Waals surface area (Å²) < 4.78 is 12.0. The van der Waals surface area contributed by atoms with Crippen LogP contribution in [-0.4, -0.2) is 49.1 Å². The summed E-state index contributed by atoms with van der Waals surface area (Å²) in [7, 11) is 0. The van der Waals surface area contributed by atoms with Gasteiger partial charge in [-0.25, -0.2) is 4.98 Å². The average molecular weight is 562 g/mol. The van der Waals surface area contributed by atoms with Gasteiger partial charge in [0, 0.05) is 30.9 Å². The fourth-order valence-corrected chi connectivity index (χ4v) is 4.43. The van der Waals surface area contributed by atoms with Crippen molar-refractivity contribution in [3.8, 4) is 0 Å². The number of anilines is 2. The molecule has 1 aromatic heterocycles. The minimum atomic E-state index is -0.387. The number of azo groups is 1. The highest BCUT2D eigenvalue weighted by molar-refractivity contribution is 9.10. The van der Waals surface area contributed by atoms with Crippen LogP contribution in [0.4, 0.5) is 22.2 Å². The minimum absolute atomic E-state index is 0.153. The van der Waals surface area contributed by atoms with Crippen molar-refractivity contribution in [1.29, 1.82) is 0 Å². The van der Waals surface area contributed by atoms with Crippen molar-refractivity contribution < 1.29 is 23.9 Å². The van der Waals surface area contributed by atoms with E-state index in [1.54, 1.807) is 18.2 Å². The van der Waals surface area contributed by atoms with E-state index in [1.807, 2.05) is 23.1 Å². The summed E-state index contributed by atoms with van der Waals surface area (Å²) in [5, 5.41) is 11.8. The van der Waals surface area contributed by atoms with Crippen LogP contribution in [0.2, 0.25) is 0 Å². The first-order valence-electron chi connectivity index (χ1n) is 10.6. The van der Waals surface area contributed by atoms with E-state index < -0.39 is 0 Å². The first-order valence-corrected chi connectivity index (χ1v) is 12.2. The van der Waals surface area contributed by atoms with E-state index in [1.165, 1.54) is 32.1 Å². The van der Waals surface area contributed by atoms with Gasteiger partial charge in [0.05, 0.1) is 29.0 Å². The maximum Gasteiger partial charge on any atom is 0.302 e. The SMILES string of the molecule is CC(=O)Nc1cc(N(CCOC(C)=O)CCOC(C)=O)ccc1N=Nc1nc2ccc(Br)cc2s1. The van der Waals surface area contributed by atoms with Gasteiger partial charge < -0.3 is 19.7 Å². The lowest BCUT2D eigenvalue weighted by Crippen LogP contribution is -2.32. The number of hydrogen-bond donors (Lipinski definition) is 1. The number of nitrogens with one attached hydrogen (secondary N) is 1. The summed E-state index contributed by atoms with van der Waals surface area (Å²) in [6.45, 7) is 5.10. The molecule has 1 heterocycles. The average Bonchev–Trinajstić information content (AvgIpc) is 3.18. The minimum Gasteiger partial charge on any atom is -0.464 e. The Balaban J connectivity index is 1.86. The summed E-state index contributed by atoms with van der Waals surface area (Å²) in [5.41, 5.74) is 2.44. The predicted octanol–water partition coefficient (Wildman–Crippen LogP) is 5.37. The molecule has 12 heteroatoms. The number of hydrogen-bond acceptors (Lipinski definition) is 10. The molecule has 35 heavy (non-hydrogen) atoms. The highest BCUT2D eigenvalue weighted by atomic mass is 79.9. The Hall–Kier alpha value is -3.38. The van der Waals surface area contributed by atoms with Crippen molar-refractivity contribution in [2.45, 2.75) is 20.8 Å². The molecule has 0 aliphatic rings. The van der Waals surface area contributed by atoms with Gasteiger partial charge in [-0.05, 0) is 36.4 Å². The van der Waals surface area contributed by atoms with Crippen LogP contribution in [0.15, 0.2) is 51.1 Å². The Bertz CT molecular complexity index is 1240. The van der Waals surface area contributed by atoms with Crippen LogP contribution in [0.1, 0.15) is 20.8 Å². The van der Waals surface area contributed by atoms with Gasteiger partial charge in [0.1, 0.15) is 18.9 Å². The maximum atomic E-state index is 11.8. The summed E-state index contributed by atoms with van der Waals surface area (Å²) in [4.78, 5) is 40.5. The molecule has 0 saturated carbocycles. The molecule has 0 fully saturated rings. The number of carbonyl (C=O) groups excluding carboxylic acids is 3. The zero-order valence-corrected chi connectivity index (χ0v) is 21.8. The van der Waals surface area contributed by atoms with Crippen LogP contribution < -0.4 is 10.2 Å². The fourth-order valence-electron chi connectivity index (χ4n) is 3.09. The van der Waals surface area contributed by atoms with Crippen molar-refractivity contribution in [2.24, 2.45) is 10.2 Å². The van der Waals surface area contributed by atoms with Gasteiger partial charge in [-0.1, -0.05) is 27.3 Å². The molecule has 3 aromatic rings. The van der Waals surface area contributed by atoms with Crippen molar-refractivity contribution in [3.05, 3.63) is 40.9 Å². The van der Waals surface area contributed by atoms with E-state index >= 15 is 0 Å². The summed E-state index contributed by atoms with van der Waals surface area (Å²) in [6.07, 6.45) is 0. The number of aromatic nitrogens is 1. The van der Waals surface area contributed by atoms with E-state index in [-0.39, 0.29) is 31.1 Å². The number of amides is 1. The zero-order valence-electron chi connectivity index (χ0n) is 19.4. The van der Waals surface area contributed by atoms with E-state index in [9.17, 15) is 14.4 Å². The van der Waals surface area contributed by atoms with Crippen LogP contribution in [0, 0.1) is 0 Å². The molecule has 0 aliphatic heterocycles. The molecule has 0 bridgehead atoms. The number of halogens is 1. The van der Waals surface area contributed by atoms with Crippen LogP contribution in [-0.2, 0) is 23.9 Å². The smallest absolute Gasteiger partial charge is 0.302 e. The van der Waals surface area contributed by atoms with Crippen molar-refractivity contribution in [2.75, 3.05) is 36.5 Å². The number of esters is 2. The van der Waals surface area contributed by atoms with Crippen molar-refractivity contribution in [3.63, 3.8) is 0 Å². The molecule has 1 N–H and O–H groups in total. The van der Waals surface area contributed by atoms with E-state index in [2.05, 4.69) is 36.5 Å². The number of fused-ring (bicyclic) bond motifs is 1. The second-order valence-electron chi connectivity index (χ2n) is 7.36. The van der Waals surface area contributed by atoms with Crippen molar-refractivity contribution >= 4 is 77.5 Å². The second-order valence-corrected chi connectivity index (χ2v) is 9.28. The van der Waals surface area contributed by atoms with Crippen LogP contribution in [0.25, 0.3) is 10.2 Å². The molecular weight excluding hydrogens is 538 g/mol. The van der Waals surface area contributed by atoms with Crippen LogP contribution in [0.5, 0.6) is 0 Å². The Labute approximate surface area is 214 Å². The lowest BCUT2D eigenvalue weighted by atomic mass is 10.2. The predicted molar refractivity (Wildman–Crippen MR) is 138 cm³/mol. The lowest BCUT2D eigenvalue weighted by Gasteiger charge is -2.25. The number of thiazole rings is 1. The first-order chi connectivity index (χ1) is 16.7. The monoisotopic (exact) mass is 561 g/mol. The van der Waals surface area contributed by atoms with E-state index in [4.69, 9.17) is 9.47 Å². The Morgan fingerprint density at radius 2 is 1.69 bits per heavy atom. The van der Waals surface area contributed by atoms with E-state index in [0.29, 0.717) is 29.6 Å². The zero-order chi connectivity index (χ0) is 25.4. The highest BCUT2D eigenvalue weighted by Gasteiger charge is 2.13. The molecule has 10 nitrogen and oxygen atoms in total. The molecule has 0 spiro atoms. The quantitative estimate of drug-likeness (QED) is 0.261. The summed E-state index contributed by atoms with van der Waals surface area (Å²) >= 11 is 4.85. The third-order valence-electron chi connectivity index (χ3n) is 4.57. The first kappa shape index (κ1) is 26.2. The summed E-state index contributed by atoms with van der Waals surface area (Å²) in [6, 6.07) is 11.0. The van der Waals surface area contributed by atoms with Gasteiger partial charge >= 0.3 is 11.9 Å². The molecule has 2 aromatic carbocycles. The van der Waals surface area contributed by atoms with Gasteiger partial charge in [-0.2, -0.15) is 0 Å². The molecule has 1 amide bonds. The number of benzene rings is 2. The topological polar surface area (TPSA) is 123 Å². The molecule has 0 saturated heterocycles. The molecule has 184 valence electrons. The number of carbonyl (C=O) groups is 3. The molecule has 0 unspecified atom stereocenters. The van der Waals surface area contributed by atoms with Crippen LogP contribution in [0.3, 0.4) is 0 Å². The Morgan fingerprint density at radius 1 is 1.00 bits per heavy atom. The maximum absolute atomic E-state index is 11.8. The van der Waals surface area contributed by atoms with E-state index in [0.717, 1.165) is 20.4 Å². The normalized spacial score (nSPS) is 11.0. The lowest BCUT2D eigenvalue weighted by molar-refractivity contribution is -0.141. The molecule has 0 aliphatic carbocycles. The number of ether oxygens (including phenoxy) is 2. The van der Waals surface area contributed by atoms with Crippen LogP contribution >= 0.6 is 27.3 Å². The third-order valence-corrected chi connectivity index (χ3v) is 5.97. The molecular formula is C23H24BrN5O5S. The highest BCUT2D eigenvalue weighted by Crippen LogP contribution is 2.34. The Kier molecular flexibility index (Phi) is 9.26. The van der Waals surface area contributed by atoms with Gasteiger partial charge in [0.15, 0.2) is 0 Å². The van der Waals surface area contributed by atoms with Gasteiger partial charge in [0.2, 0.25) is 11.0 Å². The van der Waals surface area contributed by atoms with Gasteiger partial charge in [0.25, 0.3) is 0 Å². The Morgan fingerprint density at radius 3 is 2.31 bits per heavy atom. The molecule has 0 radical (unpaired) electrons. The molecule has 0 atom stereocenters. The van der Waals surface area contributed by atoms with Crippen molar-refractivity contribution in [1.82, 2.24) is 4.98 Å². The fraction of sp³-hybridized carbons (Fsp3) is 0.304. The van der Waals surface area contributed by atoms with Gasteiger partial charge in [-0.15, -0.1) is 10.2 Å². The van der Waals surface area contributed by atoms with Gasteiger partial charge in [-0.3, -0.25) is 14.4 Å². The summed E-state index contributed by atoms with van der Waals surface area (Å²) in [5.74, 6) is -1.04. The number of nitrogens with zero attached hydrogens (tertiary/aromatic N) is 4. The number of rotatable bonds is 10. The standard InChI is InChI=1S/C23H24BrN5O5S/c1-14(30)25-21-13-18(29(8-10-33-15(2)31)9-11-34-16(3)32)5-7-19(21)27-28-23-26-20-6-4-17(24)12-22(20)35-23/h4-7,12-13H,8-11H2,1-3H3,(H,25,30). The second kappa shape index (κ2) is 12.4.